The third-order valence-corrected chi connectivity index (χ3v) is 4.41. The smallest absolute Gasteiger partial charge is 0.228 e. The molecule has 1 heterocycles. The number of aliphatic hydroxyl groups excluding tert-OH is 1. The van der Waals surface area contributed by atoms with E-state index in [1.165, 1.54) is 12.1 Å². The highest BCUT2D eigenvalue weighted by Gasteiger charge is 2.32. The molecular formula is C16H19FN2O3. The number of nitrogens with one attached hydrogen (secondary N) is 2. The molecule has 2 amide bonds. The van der Waals surface area contributed by atoms with E-state index in [0.717, 1.165) is 12.8 Å². The summed E-state index contributed by atoms with van der Waals surface area (Å²) in [4.78, 5) is 24.2. The van der Waals surface area contributed by atoms with Crippen molar-refractivity contribution in [3.63, 3.8) is 0 Å². The van der Waals surface area contributed by atoms with Gasteiger partial charge in [0, 0.05) is 18.2 Å². The molecule has 0 aromatic heterocycles. The van der Waals surface area contributed by atoms with Gasteiger partial charge < -0.3 is 15.7 Å². The number of fused-ring (bicyclic) bond motifs is 1. The van der Waals surface area contributed by atoms with E-state index in [4.69, 9.17) is 0 Å². The van der Waals surface area contributed by atoms with Gasteiger partial charge in [-0.05, 0) is 43.4 Å². The van der Waals surface area contributed by atoms with Crippen LogP contribution in [0.15, 0.2) is 18.2 Å². The quantitative estimate of drug-likeness (QED) is 0.778. The monoisotopic (exact) mass is 306 g/mol. The van der Waals surface area contributed by atoms with Gasteiger partial charge in [0.05, 0.1) is 12.0 Å². The molecule has 0 radical (unpaired) electrons. The molecule has 0 saturated heterocycles. The number of hydrogen-bond donors (Lipinski definition) is 3. The number of benzene rings is 1. The Hall–Kier alpha value is -1.95. The summed E-state index contributed by atoms with van der Waals surface area (Å²) in [6.07, 6.45) is 2.62. The lowest BCUT2D eigenvalue weighted by Gasteiger charge is -2.30. The minimum Gasteiger partial charge on any atom is -0.393 e. The highest BCUT2D eigenvalue weighted by molar-refractivity contribution is 6.01. The molecule has 5 nitrogen and oxygen atoms in total. The Morgan fingerprint density at radius 2 is 2.00 bits per heavy atom. The number of amides is 2. The van der Waals surface area contributed by atoms with Gasteiger partial charge in [0.2, 0.25) is 11.8 Å². The zero-order valence-corrected chi connectivity index (χ0v) is 12.1. The van der Waals surface area contributed by atoms with Gasteiger partial charge in [-0.25, -0.2) is 4.39 Å². The van der Waals surface area contributed by atoms with Crippen molar-refractivity contribution >= 4 is 17.5 Å². The van der Waals surface area contributed by atoms with Crippen LogP contribution in [0.2, 0.25) is 0 Å². The zero-order valence-electron chi connectivity index (χ0n) is 12.1. The summed E-state index contributed by atoms with van der Waals surface area (Å²) in [6.45, 7) is 0. The summed E-state index contributed by atoms with van der Waals surface area (Å²) in [5.74, 6) is -1.51. The molecule has 3 N–H and O–H groups in total. The molecule has 1 aliphatic carbocycles. The predicted molar refractivity (Wildman–Crippen MR) is 78.8 cm³/mol. The second-order valence-corrected chi connectivity index (χ2v) is 6.05. The van der Waals surface area contributed by atoms with Crippen LogP contribution in [0.5, 0.6) is 0 Å². The van der Waals surface area contributed by atoms with Crippen molar-refractivity contribution in [2.24, 2.45) is 0 Å². The summed E-state index contributed by atoms with van der Waals surface area (Å²) in [7, 11) is 0. The van der Waals surface area contributed by atoms with E-state index in [9.17, 15) is 19.1 Å². The average molecular weight is 306 g/mol. The van der Waals surface area contributed by atoms with E-state index >= 15 is 0 Å². The summed E-state index contributed by atoms with van der Waals surface area (Å²) < 4.78 is 13.3. The first-order valence-corrected chi connectivity index (χ1v) is 7.60. The molecule has 1 aliphatic heterocycles. The fourth-order valence-corrected chi connectivity index (χ4v) is 3.19. The molecule has 1 fully saturated rings. The number of rotatable bonds is 2. The molecule has 2 aliphatic rings. The molecule has 3 rings (SSSR count). The Bertz CT molecular complexity index is 597. The van der Waals surface area contributed by atoms with Crippen molar-refractivity contribution in [2.45, 2.75) is 50.2 Å². The number of anilines is 1. The summed E-state index contributed by atoms with van der Waals surface area (Å²) in [5, 5.41) is 15.1. The molecule has 118 valence electrons. The molecule has 1 atom stereocenters. The predicted octanol–water partition coefficient (Wildman–Crippen LogP) is 1.67. The molecule has 0 bridgehead atoms. The van der Waals surface area contributed by atoms with Gasteiger partial charge >= 0.3 is 0 Å². The molecule has 0 spiro atoms. The van der Waals surface area contributed by atoms with Crippen LogP contribution in [0.4, 0.5) is 10.1 Å². The highest BCUT2D eigenvalue weighted by atomic mass is 19.1. The number of hydrogen-bond acceptors (Lipinski definition) is 3. The van der Waals surface area contributed by atoms with E-state index in [2.05, 4.69) is 10.6 Å². The van der Waals surface area contributed by atoms with Gasteiger partial charge in [-0.2, -0.15) is 0 Å². The van der Waals surface area contributed by atoms with E-state index < -0.39 is 11.7 Å². The average Bonchev–Trinajstić information content (AvgIpc) is 2.48. The summed E-state index contributed by atoms with van der Waals surface area (Å²) >= 11 is 0. The first-order chi connectivity index (χ1) is 10.5. The van der Waals surface area contributed by atoms with Crippen molar-refractivity contribution < 1.29 is 19.1 Å². The lowest BCUT2D eigenvalue weighted by molar-refractivity contribution is -0.127. The number of aliphatic hydroxyl groups is 1. The van der Waals surface area contributed by atoms with Gasteiger partial charge in [0.25, 0.3) is 0 Å². The normalized spacial score (nSPS) is 27.7. The SMILES string of the molecule is O=C1CC(C(=O)NC2CCC(O)CC2)c2ccc(F)cc2N1. The molecule has 22 heavy (non-hydrogen) atoms. The van der Waals surface area contributed by atoms with Crippen molar-refractivity contribution in [3.05, 3.63) is 29.6 Å². The van der Waals surface area contributed by atoms with Crippen LogP contribution in [0.1, 0.15) is 43.6 Å². The van der Waals surface area contributed by atoms with Crippen molar-refractivity contribution in [1.29, 1.82) is 0 Å². The fourth-order valence-electron chi connectivity index (χ4n) is 3.19. The number of halogens is 1. The van der Waals surface area contributed by atoms with Crippen LogP contribution >= 0.6 is 0 Å². The maximum Gasteiger partial charge on any atom is 0.228 e. The van der Waals surface area contributed by atoms with Crippen molar-refractivity contribution in [2.75, 3.05) is 5.32 Å². The van der Waals surface area contributed by atoms with E-state index in [-0.39, 0.29) is 30.4 Å². The Kier molecular flexibility index (Phi) is 4.11. The second-order valence-electron chi connectivity index (χ2n) is 6.05. The number of carbonyl (C=O) groups is 2. The largest absolute Gasteiger partial charge is 0.393 e. The lowest BCUT2D eigenvalue weighted by Crippen LogP contribution is -2.42. The third-order valence-electron chi connectivity index (χ3n) is 4.41. The fraction of sp³-hybridized carbons (Fsp3) is 0.500. The maximum atomic E-state index is 13.3. The molecule has 1 unspecified atom stereocenters. The topological polar surface area (TPSA) is 78.4 Å². The molecule has 1 saturated carbocycles. The molecular weight excluding hydrogens is 287 g/mol. The molecule has 6 heteroatoms. The first-order valence-electron chi connectivity index (χ1n) is 7.60. The van der Waals surface area contributed by atoms with Crippen LogP contribution in [0.3, 0.4) is 0 Å². The van der Waals surface area contributed by atoms with Crippen LogP contribution in [-0.4, -0.2) is 29.1 Å². The van der Waals surface area contributed by atoms with Gasteiger partial charge in [0.1, 0.15) is 5.82 Å². The first kappa shape index (κ1) is 15.0. The van der Waals surface area contributed by atoms with Gasteiger partial charge in [-0.15, -0.1) is 0 Å². The Morgan fingerprint density at radius 1 is 1.27 bits per heavy atom. The lowest BCUT2D eigenvalue weighted by atomic mass is 9.88. The standard InChI is InChI=1S/C16H19FN2O3/c17-9-1-6-12-13(8-15(21)19-14(12)7-9)16(22)18-10-2-4-11(20)5-3-10/h1,6-7,10-11,13,20H,2-5,8H2,(H,18,22)(H,19,21). The third kappa shape index (κ3) is 3.11. The van der Waals surface area contributed by atoms with Gasteiger partial charge in [0.15, 0.2) is 0 Å². The summed E-state index contributed by atoms with van der Waals surface area (Å²) in [5.41, 5.74) is 1.02. The summed E-state index contributed by atoms with van der Waals surface area (Å²) in [6, 6.07) is 4.13. The van der Waals surface area contributed by atoms with Crippen LogP contribution in [-0.2, 0) is 9.59 Å². The Balaban J connectivity index is 1.74. The van der Waals surface area contributed by atoms with Crippen molar-refractivity contribution in [3.8, 4) is 0 Å². The molecule has 1 aromatic carbocycles. The van der Waals surface area contributed by atoms with E-state index in [1.807, 2.05) is 0 Å². The molecule has 1 aromatic rings. The van der Waals surface area contributed by atoms with E-state index in [0.29, 0.717) is 24.1 Å². The second kappa shape index (κ2) is 6.04. The Labute approximate surface area is 127 Å². The van der Waals surface area contributed by atoms with Gasteiger partial charge in [-0.3, -0.25) is 9.59 Å². The van der Waals surface area contributed by atoms with Gasteiger partial charge in [-0.1, -0.05) is 6.07 Å². The Morgan fingerprint density at radius 3 is 2.73 bits per heavy atom. The van der Waals surface area contributed by atoms with E-state index in [1.54, 1.807) is 6.07 Å². The van der Waals surface area contributed by atoms with Crippen molar-refractivity contribution in [1.82, 2.24) is 5.32 Å². The number of carbonyl (C=O) groups excluding carboxylic acids is 2. The van der Waals surface area contributed by atoms with Crippen LogP contribution in [0, 0.1) is 5.82 Å². The minimum absolute atomic E-state index is 0.0322. The van der Waals surface area contributed by atoms with Crippen LogP contribution < -0.4 is 10.6 Å². The maximum absolute atomic E-state index is 13.3. The zero-order chi connectivity index (χ0) is 15.7. The minimum atomic E-state index is -0.587. The highest BCUT2D eigenvalue weighted by Crippen LogP contribution is 2.33. The van der Waals surface area contributed by atoms with Crippen LogP contribution in [0.25, 0.3) is 0 Å².